The molecule has 0 amide bonds. The van der Waals surface area contributed by atoms with Crippen LogP contribution in [0.15, 0.2) is 182 Å². The Kier molecular flexibility index (Phi) is 7.17. The van der Waals surface area contributed by atoms with E-state index in [1.807, 2.05) is 60.7 Å². The number of hydrogen-bond donors (Lipinski definition) is 0. The first-order chi connectivity index (χ1) is 27.5. The highest BCUT2D eigenvalue weighted by molar-refractivity contribution is 6.11. The average molecular weight is 717 g/mol. The summed E-state index contributed by atoms with van der Waals surface area (Å²) in [7, 11) is 0. The number of aromatic nitrogens is 4. The van der Waals surface area contributed by atoms with E-state index in [1.54, 1.807) is 0 Å². The monoisotopic (exact) mass is 716 g/mol. The van der Waals surface area contributed by atoms with E-state index in [9.17, 15) is 0 Å². The van der Waals surface area contributed by atoms with Crippen LogP contribution in [0.25, 0.3) is 94.7 Å². The molecule has 4 heteroatoms. The van der Waals surface area contributed by atoms with Gasteiger partial charge in [0.05, 0.1) is 11.0 Å². The van der Waals surface area contributed by atoms with Crippen molar-refractivity contribution in [1.82, 2.24) is 19.5 Å². The first kappa shape index (κ1) is 32.3. The Labute approximate surface area is 325 Å². The molecular formula is C52H36N4. The number of fused-ring (bicyclic) bond motifs is 7. The lowest BCUT2D eigenvalue weighted by Crippen LogP contribution is -2.14. The summed E-state index contributed by atoms with van der Waals surface area (Å²) in [4.78, 5) is 15.2. The van der Waals surface area contributed by atoms with Gasteiger partial charge in [-0.25, -0.2) is 4.98 Å². The summed E-state index contributed by atoms with van der Waals surface area (Å²) in [5.41, 5.74) is 14.2. The van der Waals surface area contributed by atoms with Gasteiger partial charge in [-0.15, -0.1) is 0 Å². The fourth-order valence-electron chi connectivity index (χ4n) is 8.85. The standard InChI is InChI=1S/C52H36N4/c1-52(2)45-23-13-11-21-40(45)41-27-25-37(32-46(41)52)43-31-38(29-36-19-9-10-20-39(36)43)35-26-28-48-44(30-35)42-22-12-14-24-47(42)56(48)51-54-49(33-15-5-3-6-16-33)53-50(55-51)34-17-7-4-8-18-34/h3-32H,1-2H3. The minimum atomic E-state index is -0.0726. The summed E-state index contributed by atoms with van der Waals surface area (Å²) in [5, 5.41) is 4.76. The van der Waals surface area contributed by atoms with Gasteiger partial charge in [-0.1, -0.05) is 159 Å². The van der Waals surface area contributed by atoms with Gasteiger partial charge in [-0.2, -0.15) is 9.97 Å². The van der Waals surface area contributed by atoms with E-state index in [-0.39, 0.29) is 5.41 Å². The number of benzene rings is 8. The number of rotatable bonds is 5. The summed E-state index contributed by atoms with van der Waals surface area (Å²) >= 11 is 0. The number of hydrogen-bond acceptors (Lipinski definition) is 3. The van der Waals surface area contributed by atoms with Crippen LogP contribution in [0.4, 0.5) is 0 Å². The van der Waals surface area contributed by atoms with Gasteiger partial charge in [-0.3, -0.25) is 4.57 Å². The van der Waals surface area contributed by atoms with Crippen molar-refractivity contribution >= 4 is 32.6 Å². The van der Waals surface area contributed by atoms with Crippen molar-refractivity contribution in [2.75, 3.05) is 0 Å². The second kappa shape index (κ2) is 12.4. The van der Waals surface area contributed by atoms with Crippen LogP contribution >= 0.6 is 0 Å². The average Bonchev–Trinajstić information content (AvgIpc) is 3.71. The maximum absolute atomic E-state index is 5.12. The molecule has 0 saturated heterocycles. The van der Waals surface area contributed by atoms with Gasteiger partial charge in [0.15, 0.2) is 11.6 Å². The van der Waals surface area contributed by atoms with E-state index in [1.165, 1.54) is 49.7 Å². The Morgan fingerprint density at radius 3 is 1.75 bits per heavy atom. The Morgan fingerprint density at radius 1 is 0.375 bits per heavy atom. The molecular weight excluding hydrogens is 681 g/mol. The van der Waals surface area contributed by atoms with Gasteiger partial charge in [0.2, 0.25) is 5.95 Å². The third-order valence-electron chi connectivity index (χ3n) is 11.6. The van der Waals surface area contributed by atoms with E-state index in [0.717, 1.165) is 38.5 Å². The van der Waals surface area contributed by atoms with Crippen molar-refractivity contribution in [3.05, 3.63) is 193 Å². The topological polar surface area (TPSA) is 43.6 Å². The van der Waals surface area contributed by atoms with Crippen LogP contribution in [0.5, 0.6) is 0 Å². The van der Waals surface area contributed by atoms with Crippen molar-refractivity contribution < 1.29 is 0 Å². The molecule has 2 aromatic heterocycles. The molecule has 0 radical (unpaired) electrons. The molecule has 0 bridgehead atoms. The highest BCUT2D eigenvalue weighted by Gasteiger charge is 2.35. The van der Waals surface area contributed by atoms with Gasteiger partial charge in [0.1, 0.15) is 0 Å². The molecule has 0 atom stereocenters. The summed E-state index contributed by atoms with van der Waals surface area (Å²) in [6.45, 7) is 4.70. The maximum Gasteiger partial charge on any atom is 0.238 e. The molecule has 0 aliphatic heterocycles. The second-order valence-electron chi connectivity index (χ2n) is 15.3. The zero-order valence-corrected chi connectivity index (χ0v) is 31.1. The normalized spacial score (nSPS) is 13.0. The number of para-hydroxylation sites is 1. The van der Waals surface area contributed by atoms with Crippen molar-refractivity contribution in [2.45, 2.75) is 19.3 Å². The maximum atomic E-state index is 5.12. The van der Waals surface area contributed by atoms with E-state index in [2.05, 4.69) is 140 Å². The van der Waals surface area contributed by atoms with Gasteiger partial charge >= 0.3 is 0 Å². The fourth-order valence-corrected chi connectivity index (χ4v) is 8.85. The summed E-state index contributed by atoms with van der Waals surface area (Å²) in [6.07, 6.45) is 0. The fraction of sp³-hybridized carbons (Fsp3) is 0.0577. The van der Waals surface area contributed by atoms with E-state index in [0.29, 0.717) is 17.6 Å². The SMILES string of the molecule is CC1(C)c2ccccc2-c2ccc(-c3cc(-c4ccc5c(c4)c4ccccc4n5-c4nc(-c5ccccc5)nc(-c5ccccc5)n4)cc4ccccc34)cc21. The first-order valence-electron chi connectivity index (χ1n) is 19.2. The van der Waals surface area contributed by atoms with Gasteiger partial charge < -0.3 is 0 Å². The molecule has 1 aliphatic rings. The van der Waals surface area contributed by atoms with Crippen molar-refractivity contribution in [2.24, 2.45) is 0 Å². The first-order valence-corrected chi connectivity index (χ1v) is 19.2. The van der Waals surface area contributed by atoms with E-state index >= 15 is 0 Å². The minimum Gasteiger partial charge on any atom is -0.278 e. The second-order valence-corrected chi connectivity index (χ2v) is 15.3. The lowest BCUT2D eigenvalue weighted by Gasteiger charge is -2.22. The molecule has 0 fully saturated rings. The largest absolute Gasteiger partial charge is 0.278 e. The summed E-state index contributed by atoms with van der Waals surface area (Å²) in [6, 6.07) is 65.0. The molecule has 1 aliphatic carbocycles. The number of nitrogens with zero attached hydrogens (tertiary/aromatic N) is 4. The van der Waals surface area contributed by atoms with Crippen molar-refractivity contribution in [3.8, 4) is 62.1 Å². The van der Waals surface area contributed by atoms with Crippen LogP contribution in [0, 0.1) is 0 Å². The van der Waals surface area contributed by atoms with E-state index < -0.39 is 0 Å². The molecule has 4 nitrogen and oxygen atoms in total. The molecule has 0 unspecified atom stereocenters. The highest BCUT2D eigenvalue weighted by Crippen LogP contribution is 2.50. The smallest absolute Gasteiger partial charge is 0.238 e. The molecule has 56 heavy (non-hydrogen) atoms. The van der Waals surface area contributed by atoms with Gasteiger partial charge in [-0.05, 0) is 91.7 Å². The van der Waals surface area contributed by atoms with E-state index in [4.69, 9.17) is 15.0 Å². The Hall–Kier alpha value is -7.17. The third-order valence-corrected chi connectivity index (χ3v) is 11.6. The Morgan fingerprint density at radius 2 is 0.982 bits per heavy atom. The molecule has 0 spiro atoms. The van der Waals surface area contributed by atoms with Crippen molar-refractivity contribution in [1.29, 1.82) is 0 Å². The lowest BCUT2D eigenvalue weighted by atomic mass is 9.81. The molecule has 10 aromatic rings. The van der Waals surface area contributed by atoms with Crippen LogP contribution in [0.2, 0.25) is 0 Å². The molecule has 264 valence electrons. The molecule has 11 rings (SSSR count). The minimum absolute atomic E-state index is 0.0726. The zero-order chi connectivity index (χ0) is 37.4. The van der Waals surface area contributed by atoms with Crippen molar-refractivity contribution in [3.63, 3.8) is 0 Å². The van der Waals surface area contributed by atoms with Crippen LogP contribution in [0.1, 0.15) is 25.0 Å². The third kappa shape index (κ3) is 5.03. The molecule has 8 aromatic carbocycles. The predicted molar refractivity (Wildman–Crippen MR) is 231 cm³/mol. The Balaban J connectivity index is 1.09. The van der Waals surface area contributed by atoms with Crippen LogP contribution in [-0.4, -0.2) is 19.5 Å². The molecule has 0 N–H and O–H groups in total. The zero-order valence-electron chi connectivity index (χ0n) is 31.1. The summed E-state index contributed by atoms with van der Waals surface area (Å²) < 4.78 is 2.19. The highest BCUT2D eigenvalue weighted by atomic mass is 15.2. The molecule has 0 saturated carbocycles. The predicted octanol–water partition coefficient (Wildman–Crippen LogP) is 13.1. The molecule has 2 heterocycles. The lowest BCUT2D eigenvalue weighted by molar-refractivity contribution is 0.660. The van der Waals surface area contributed by atoms with Gasteiger partial charge in [0.25, 0.3) is 0 Å². The van der Waals surface area contributed by atoms with Crippen LogP contribution in [-0.2, 0) is 5.41 Å². The summed E-state index contributed by atoms with van der Waals surface area (Å²) in [5.74, 6) is 1.87. The van der Waals surface area contributed by atoms with Crippen LogP contribution < -0.4 is 0 Å². The van der Waals surface area contributed by atoms with Crippen LogP contribution in [0.3, 0.4) is 0 Å². The Bertz CT molecular complexity index is 3100. The quantitative estimate of drug-likeness (QED) is 0.178. The van der Waals surface area contributed by atoms with Gasteiger partial charge in [0, 0.05) is 27.3 Å².